The molecule has 4 nitrogen and oxygen atoms in total. The number of hydrogen-bond acceptors (Lipinski definition) is 2. The first-order valence-corrected chi connectivity index (χ1v) is 7.33. The number of allylic oxidation sites excluding steroid dienone is 1. The van der Waals surface area contributed by atoms with Crippen LogP contribution in [0.2, 0.25) is 5.02 Å². The molecule has 0 spiro atoms. The van der Waals surface area contributed by atoms with Gasteiger partial charge in [0.05, 0.1) is 12.0 Å². The van der Waals surface area contributed by atoms with Gasteiger partial charge in [-0.05, 0) is 17.0 Å². The van der Waals surface area contributed by atoms with Gasteiger partial charge < -0.3 is 10.6 Å². The number of amides is 2. The van der Waals surface area contributed by atoms with Crippen molar-refractivity contribution < 1.29 is 9.59 Å². The average Bonchev–Trinajstić information content (AvgIpc) is 2.36. The lowest BCUT2D eigenvalue weighted by Crippen LogP contribution is -2.53. The SMILES string of the molecule is CC1(C)C=C2NC(=O)N[C@@H](c3ccccc3Cl)[C@@H]2C(=O)C1. The molecule has 0 saturated carbocycles. The van der Waals surface area contributed by atoms with Gasteiger partial charge in [0.25, 0.3) is 0 Å². The summed E-state index contributed by atoms with van der Waals surface area (Å²) in [4.78, 5) is 24.5. The van der Waals surface area contributed by atoms with Crippen molar-refractivity contribution >= 4 is 23.4 Å². The maximum Gasteiger partial charge on any atom is 0.319 e. The summed E-state index contributed by atoms with van der Waals surface area (Å²) in [6.45, 7) is 3.99. The Morgan fingerprint density at radius 3 is 2.67 bits per heavy atom. The fraction of sp³-hybridized carbons (Fsp3) is 0.375. The Morgan fingerprint density at radius 1 is 1.24 bits per heavy atom. The lowest BCUT2D eigenvalue weighted by molar-refractivity contribution is -0.125. The van der Waals surface area contributed by atoms with E-state index in [1.54, 1.807) is 6.07 Å². The van der Waals surface area contributed by atoms with Gasteiger partial charge in [0.2, 0.25) is 0 Å². The molecule has 1 heterocycles. The highest BCUT2D eigenvalue weighted by atomic mass is 35.5. The first-order chi connectivity index (χ1) is 9.87. The molecule has 2 aliphatic rings. The number of carbonyl (C=O) groups excluding carboxylic acids is 2. The molecule has 1 aromatic carbocycles. The van der Waals surface area contributed by atoms with Crippen molar-refractivity contribution in [3.8, 4) is 0 Å². The standard InChI is InChI=1S/C16H17ClN2O2/c1-16(2)7-11-13(12(20)8-16)14(19-15(21)18-11)9-5-3-4-6-10(9)17/h3-7,13-14H,8H2,1-2H3,(H2,18,19,21)/t13-,14-/m0/s1. The molecule has 1 saturated heterocycles. The molecule has 5 heteroatoms. The number of rotatable bonds is 1. The van der Waals surface area contributed by atoms with Gasteiger partial charge in [0, 0.05) is 17.1 Å². The molecule has 2 atom stereocenters. The normalized spacial score (nSPS) is 27.3. The van der Waals surface area contributed by atoms with Crippen molar-refractivity contribution in [3.63, 3.8) is 0 Å². The third-order valence-corrected chi connectivity index (χ3v) is 4.32. The third-order valence-electron chi connectivity index (χ3n) is 3.98. The van der Waals surface area contributed by atoms with Crippen molar-refractivity contribution in [1.29, 1.82) is 0 Å². The molecule has 110 valence electrons. The summed E-state index contributed by atoms with van der Waals surface area (Å²) in [5, 5.41) is 6.16. The summed E-state index contributed by atoms with van der Waals surface area (Å²) in [6.07, 6.45) is 2.45. The second-order valence-corrected chi connectivity index (χ2v) is 6.71. The Morgan fingerprint density at radius 2 is 1.95 bits per heavy atom. The molecule has 21 heavy (non-hydrogen) atoms. The summed E-state index contributed by atoms with van der Waals surface area (Å²) in [6, 6.07) is 6.60. The van der Waals surface area contributed by atoms with Crippen LogP contribution < -0.4 is 10.6 Å². The number of nitrogens with one attached hydrogen (secondary N) is 2. The van der Waals surface area contributed by atoms with Crippen LogP contribution in [-0.2, 0) is 4.79 Å². The predicted molar refractivity (Wildman–Crippen MR) is 80.8 cm³/mol. The number of fused-ring (bicyclic) bond motifs is 1. The van der Waals surface area contributed by atoms with E-state index >= 15 is 0 Å². The van der Waals surface area contributed by atoms with Crippen LogP contribution in [0, 0.1) is 11.3 Å². The highest BCUT2D eigenvalue weighted by molar-refractivity contribution is 6.31. The Bertz CT molecular complexity index is 651. The van der Waals surface area contributed by atoms with E-state index in [9.17, 15) is 9.59 Å². The molecular formula is C16H17ClN2O2. The maximum absolute atomic E-state index is 12.6. The third kappa shape index (κ3) is 2.56. The molecule has 3 rings (SSSR count). The van der Waals surface area contributed by atoms with Crippen LogP contribution in [0.4, 0.5) is 4.79 Å². The minimum absolute atomic E-state index is 0.120. The molecule has 1 fully saturated rings. The summed E-state index contributed by atoms with van der Waals surface area (Å²) in [7, 11) is 0. The molecule has 0 radical (unpaired) electrons. The summed E-state index contributed by atoms with van der Waals surface area (Å²) in [5.74, 6) is -0.273. The molecule has 1 aliphatic heterocycles. The number of ketones is 1. The second kappa shape index (κ2) is 4.88. The molecule has 1 aliphatic carbocycles. The number of Topliss-reactive ketones (excluding diaryl/α,β-unsaturated/α-hetero) is 1. The highest BCUT2D eigenvalue weighted by Crippen LogP contribution is 2.41. The lowest BCUT2D eigenvalue weighted by Gasteiger charge is -2.40. The number of urea groups is 1. The molecule has 2 N–H and O–H groups in total. The fourth-order valence-corrected chi connectivity index (χ4v) is 3.40. The summed E-state index contributed by atoms with van der Waals surface area (Å²) in [5.41, 5.74) is 1.22. The van der Waals surface area contributed by atoms with Gasteiger partial charge in [-0.15, -0.1) is 0 Å². The monoisotopic (exact) mass is 304 g/mol. The molecule has 0 unspecified atom stereocenters. The Hall–Kier alpha value is -1.81. The Labute approximate surface area is 128 Å². The van der Waals surface area contributed by atoms with E-state index in [0.717, 1.165) is 5.56 Å². The van der Waals surface area contributed by atoms with Crippen molar-refractivity contribution in [3.05, 3.63) is 46.6 Å². The van der Waals surface area contributed by atoms with Gasteiger partial charge in [0.15, 0.2) is 0 Å². The zero-order valence-corrected chi connectivity index (χ0v) is 12.7. The van der Waals surface area contributed by atoms with Crippen molar-refractivity contribution in [2.75, 3.05) is 0 Å². The van der Waals surface area contributed by atoms with E-state index in [0.29, 0.717) is 17.1 Å². The fourth-order valence-electron chi connectivity index (χ4n) is 3.15. The van der Waals surface area contributed by atoms with Gasteiger partial charge >= 0.3 is 6.03 Å². The van der Waals surface area contributed by atoms with Crippen LogP contribution in [0.3, 0.4) is 0 Å². The Kier molecular flexibility index (Phi) is 3.29. The maximum atomic E-state index is 12.6. The van der Waals surface area contributed by atoms with E-state index in [2.05, 4.69) is 10.6 Å². The average molecular weight is 305 g/mol. The summed E-state index contributed by atoms with van der Waals surface area (Å²) >= 11 is 6.24. The lowest BCUT2D eigenvalue weighted by atomic mass is 9.72. The van der Waals surface area contributed by atoms with Crippen LogP contribution >= 0.6 is 11.6 Å². The van der Waals surface area contributed by atoms with E-state index in [1.807, 2.05) is 38.1 Å². The van der Waals surface area contributed by atoms with Gasteiger partial charge in [-0.1, -0.05) is 49.7 Å². The van der Waals surface area contributed by atoms with E-state index in [-0.39, 0.29) is 17.2 Å². The van der Waals surface area contributed by atoms with Crippen LogP contribution in [0.5, 0.6) is 0 Å². The zero-order valence-electron chi connectivity index (χ0n) is 11.9. The molecule has 1 aromatic rings. The van der Waals surface area contributed by atoms with Gasteiger partial charge in [-0.2, -0.15) is 0 Å². The minimum Gasteiger partial charge on any atom is -0.330 e. The van der Waals surface area contributed by atoms with Gasteiger partial charge in [0.1, 0.15) is 5.78 Å². The van der Waals surface area contributed by atoms with Crippen LogP contribution in [0.15, 0.2) is 36.0 Å². The van der Waals surface area contributed by atoms with Crippen molar-refractivity contribution in [1.82, 2.24) is 10.6 Å². The van der Waals surface area contributed by atoms with Crippen molar-refractivity contribution in [2.45, 2.75) is 26.3 Å². The number of hydrogen-bond donors (Lipinski definition) is 2. The molecule has 0 aromatic heterocycles. The topological polar surface area (TPSA) is 58.2 Å². The van der Waals surface area contributed by atoms with E-state index in [1.165, 1.54) is 0 Å². The van der Waals surface area contributed by atoms with Crippen LogP contribution in [-0.4, -0.2) is 11.8 Å². The van der Waals surface area contributed by atoms with Gasteiger partial charge in [-0.25, -0.2) is 4.79 Å². The summed E-state index contributed by atoms with van der Waals surface area (Å²) < 4.78 is 0. The zero-order chi connectivity index (χ0) is 15.2. The van der Waals surface area contributed by atoms with Crippen LogP contribution in [0.1, 0.15) is 31.9 Å². The molecule has 0 bridgehead atoms. The molecular weight excluding hydrogens is 288 g/mol. The number of benzene rings is 1. The number of carbonyl (C=O) groups is 2. The second-order valence-electron chi connectivity index (χ2n) is 6.31. The minimum atomic E-state index is -0.415. The first-order valence-electron chi connectivity index (χ1n) is 6.95. The smallest absolute Gasteiger partial charge is 0.319 e. The van der Waals surface area contributed by atoms with Gasteiger partial charge in [-0.3, -0.25) is 4.79 Å². The number of halogens is 1. The highest BCUT2D eigenvalue weighted by Gasteiger charge is 2.43. The van der Waals surface area contributed by atoms with Crippen LogP contribution in [0.25, 0.3) is 0 Å². The largest absolute Gasteiger partial charge is 0.330 e. The predicted octanol–water partition coefficient (Wildman–Crippen LogP) is 3.19. The van der Waals surface area contributed by atoms with E-state index < -0.39 is 12.0 Å². The quantitative estimate of drug-likeness (QED) is 0.837. The van der Waals surface area contributed by atoms with Crippen molar-refractivity contribution in [2.24, 2.45) is 11.3 Å². The molecule has 2 amide bonds. The van der Waals surface area contributed by atoms with E-state index in [4.69, 9.17) is 11.6 Å². The first kappa shape index (κ1) is 14.1. The Balaban J connectivity index is 2.08.